The first-order valence-electron chi connectivity index (χ1n) is 9.59. The molecule has 1 aromatic carbocycles. The largest absolute Gasteiger partial charge is 0.490 e. The summed E-state index contributed by atoms with van der Waals surface area (Å²) in [5, 5.41) is 6.63. The summed E-state index contributed by atoms with van der Waals surface area (Å²) in [6, 6.07) is 8.38. The van der Waals surface area contributed by atoms with Gasteiger partial charge in [0, 0.05) is 33.4 Å². The molecular formula is C20H34IN3O2. The molecule has 0 bridgehead atoms. The Kier molecular flexibility index (Phi) is 12.5. The molecule has 0 spiro atoms. The van der Waals surface area contributed by atoms with Crippen molar-refractivity contribution in [1.29, 1.82) is 0 Å². The molecule has 0 atom stereocenters. The number of hydrogen-bond donors (Lipinski definition) is 2. The summed E-state index contributed by atoms with van der Waals surface area (Å²) in [5.74, 6) is 1.80. The lowest BCUT2D eigenvalue weighted by molar-refractivity contribution is 0.145. The predicted octanol–water partition coefficient (Wildman–Crippen LogP) is 4.11. The van der Waals surface area contributed by atoms with E-state index in [9.17, 15) is 0 Å². The average molecular weight is 475 g/mol. The van der Waals surface area contributed by atoms with Gasteiger partial charge < -0.3 is 20.1 Å². The summed E-state index contributed by atoms with van der Waals surface area (Å²) >= 11 is 0. The second-order valence-corrected chi connectivity index (χ2v) is 6.42. The molecule has 1 fully saturated rings. The molecule has 148 valence electrons. The van der Waals surface area contributed by atoms with Gasteiger partial charge in [-0.2, -0.15) is 0 Å². The van der Waals surface area contributed by atoms with Crippen LogP contribution in [0, 0.1) is 0 Å². The second kappa shape index (κ2) is 14.1. The Balaban J connectivity index is 0.00000338. The van der Waals surface area contributed by atoms with Crippen LogP contribution in [0.5, 0.6) is 5.75 Å². The average Bonchev–Trinajstić information content (AvgIpc) is 2.66. The van der Waals surface area contributed by atoms with Gasteiger partial charge in [-0.3, -0.25) is 4.99 Å². The first-order chi connectivity index (χ1) is 12.3. The van der Waals surface area contributed by atoms with Crippen molar-refractivity contribution in [3.63, 3.8) is 0 Å². The van der Waals surface area contributed by atoms with Crippen molar-refractivity contribution in [1.82, 2.24) is 10.6 Å². The van der Waals surface area contributed by atoms with Crippen LogP contribution in [0.1, 0.15) is 51.0 Å². The van der Waals surface area contributed by atoms with Crippen LogP contribution in [-0.4, -0.2) is 38.9 Å². The van der Waals surface area contributed by atoms with Crippen molar-refractivity contribution < 1.29 is 9.47 Å². The molecule has 0 aromatic heterocycles. The SMILES string of the molecule is CCOCCCNC(=NC)NCc1ccc(OC2CCCCC2)cc1.I. The van der Waals surface area contributed by atoms with Crippen LogP contribution in [0.2, 0.25) is 0 Å². The fourth-order valence-electron chi connectivity index (χ4n) is 2.99. The van der Waals surface area contributed by atoms with Gasteiger partial charge >= 0.3 is 0 Å². The number of nitrogens with zero attached hydrogens (tertiary/aromatic N) is 1. The molecule has 5 nitrogen and oxygen atoms in total. The molecule has 1 aromatic rings. The van der Waals surface area contributed by atoms with Gasteiger partial charge in [0.15, 0.2) is 5.96 Å². The molecule has 2 rings (SSSR count). The zero-order valence-corrected chi connectivity index (χ0v) is 18.5. The normalized spacial score (nSPS) is 15.2. The van der Waals surface area contributed by atoms with Crippen molar-refractivity contribution in [3.8, 4) is 5.75 Å². The highest BCUT2D eigenvalue weighted by atomic mass is 127. The van der Waals surface area contributed by atoms with Gasteiger partial charge in [-0.05, 0) is 56.7 Å². The molecule has 0 unspecified atom stereocenters. The first-order valence-corrected chi connectivity index (χ1v) is 9.59. The van der Waals surface area contributed by atoms with Crippen LogP contribution in [-0.2, 0) is 11.3 Å². The zero-order valence-electron chi connectivity index (χ0n) is 16.1. The smallest absolute Gasteiger partial charge is 0.191 e. The van der Waals surface area contributed by atoms with Gasteiger partial charge in [0.05, 0.1) is 6.10 Å². The summed E-state index contributed by atoms with van der Waals surface area (Å²) in [6.45, 7) is 5.17. The minimum Gasteiger partial charge on any atom is -0.490 e. The predicted molar refractivity (Wildman–Crippen MR) is 119 cm³/mol. The topological polar surface area (TPSA) is 54.9 Å². The molecule has 6 heteroatoms. The van der Waals surface area contributed by atoms with Crippen LogP contribution < -0.4 is 15.4 Å². The fourth-order valence-corrected chi connectivity index (χ4v) is 2.99. The summed E-state index contributed by atoms with van der Waals surface area (Å²) in [7, 11) is 1.79. The van der Waals surface area contributed by atoms with Crippen molar-refractivity contribution >= 4 is 29.9 Å². The second-order valence-electron chi connectivity index (χ2n) is 6.42. The molecule has 0 aliphatic heterocycles. The third-order valence-electron chi connectivity index (χ3n) is 4.42. The van der Waals surface area contributed by atoms with Gasteiger partial charge in [0.25, 0.3) is 0 Å². The van der Waals surface area contributed by atoms with Gasteiger partial charge in [0.1, 0.15) is 5.75 Å². The van der Waals surface area contributed by atoms with E-state index in [0.29, 0.717) is 6.10 Å². The fraction of sp³-hybridized carbons (Fsp3) is 0.650. The Morgan fingerprint density at radius 1 is 1.12 bits per heavy atom. The molecule has 1 aliphatic carbocycles. The molecule has 2 N–H and O–H groups in total. The zero-order chi connectivity index (χ0) is 17.7. The monoisotopic (exact) mass is 475 g/mol. The molecule has 0 amide bonds. The summed E-state index contributed by atoms with van der Waals surface area (Å²) < 4.78 is 11.4. The Labute approximate surface area is 175 Å². The van der Waals surface area contributed by atoms with Crippen LogP contribution in [0.15, 0.2) is 29.3 Å². The number of nitrogens with one attached hydrogen (secondary N) is 2. The van der Waals surface area contributed by atoms with E-state index in [-0.39, 0.29) is 24.0 Å². The molecule has 26 heavy (non-hydrogen) atoms. The number of aliphatic imine (C=N–C) groups is 1. The molecule has 0 heterocycles. The van der Waals surface area contributed by atoms with Gasteiger partial charge in [0.2, 0.25) is 0 Å². The summed E-state index contributed by atoms with van der Waals surface area (Å²) in [6.07, 6.45) is 7.70. The summed E-state index contributed by atoms with van der Waals surface area (Å²) in [5.41, 5.74) is 1.22. The number of guanidine groups is 1. The lowest BCUT2D eigenvalue weighted by atomic mass is 9.98. The highest BCUT2D eigenvalue weighted by molar-refractivity contribution is 14.0. The standard InChI is InChI=1S/C20H33N3O2.HI/c1-3-24-15-7-14-22-20(21-2)23-16-17-10-12-19(13-11-17)25-18-8-5-4-6-9-18;/h10-13,18H,3-9,14-16H2,1-2H3,(H2,21,22,23);1H. The summed E-state index contributed by atoms with van der Waals surface area (Å²) in [4.78, 5) is 4.24. The quantitative estimate of drug-likeness (QED) is 0.244. The van der Waals surface area contributed by atoms with Crippen LogP contribution in [0.25, 0.3) is 0 Å². The van der Waals surface area contributed by atoms with E-state index in [2.05, 4.69) is 39.9 Å². The Morgan fingerprint density at radius 2 is 1.85 bits per heavy atom. The van der Waals surface area contributed by atoms with Crippen LogP contribution in [0.3, 0.4) is 0 Å². The minimum atomic E-state index is 0. The van der Waals surface area contributed by atoms with E-state index in [0.717, 1.165) is 44.4 Å². The highest BCUT2D eigenvalue weighted by Gasteiger charge is 2.14. The maximum absolute atomic E-state index is 6.07. The number of benzene rings is 1. The van der Waals surface area contributed by atoms with E-state index in [1.54, 1.807) is 7.05 Å². The van der Waals surface area contributed by atoms with Crippen molar-refractivity contribution in [2.24, 2.45) is 4.99 Å². The van der Waals surface area contributed by atoms with Crippen molar-refractivity contribution in [3.05, 3.63) is 29.8 Å². The molecular weight excluding hydrogens is 441 g/mol. The van der Waals surface area contributed by atoms with Gasteiger partial charge in [-0.15, -0.1) is 24.0 Å². The third-order valence-corrected chi connectivity index (χ3v) is 4.42. The minimum absolute atomic E-state index is 0. The van der Waals surface area contributed by atoms with Crippen LogP contribution in [0.4, 0.5) is 0 Å². The Hall–Kier alpha value is -1.02. The third kappa shape index (κ3) is 9.07. The Morgan fingerprint density at radius 3 is 2.50 bits per heavy atom. The van der Waals surface area contributed by atoms with Crippen LogP contribution >= 0.6 is 24.0 Å². The van der Waals surface area contributed by atoms with Crippen molar-refractivity contribution in [2.45, 2.75) is 58.1 Å². The van der Waals surface area contributed by atoms with E-state index in [4.69, 9.17) is 9.47 Å². The molecule has 0 radical (unpaired) electrons. The number of hydrogen-bond acceptors (Lipinski definition) is 3. The maximum Gasteiger partial charge on any atom is 0.191 e. The Bertz CT molecular complexity index is 502. The number of ether oxygens (including phenoxy) is 2. The molecule has 1 saturated carbocycles. The number of halogens is 1. The maximum atomic E-state index is 6.07. The van der Waals surface area contributed by atoms with Gasteiger partial charge in [-0.1, -0.05) is 18.6 Å². The van der Waals surface area contributed by atoms with E-state index >= 15 is 0 Å². The van der Waals surface area contributed by atoms with Crippen molar-refractivity contribution in [2.75, 3.05) is 26.8 Å². The lowest BCUT2D eigenvalue weighted by Crippen LogP contribution is -2.37. The molecule has 0 saturated heterocycles. The number of rotatable bonds is 9. The van der Waals surface area contributed by atoms with E-state index in [1.165, 1.54) is 37.7 Å². The van der Waals surface area contributed by atoms with E-state index in [1.807, 2.05) is 6.92 Å². The highest BCUT2D eigenvalue weighted by Crippen LogP contribution is 2.23. The first kappa shape index (κ1) is 23.0. The lowest BCUT2D eigenvalue weighted by Gasteiger charge is -2.23. The molecule has 1 aliphatic rings. The van der Waals surface area contributed by atoms with Gasteiger partial charge in [-0.25, -0.2) is 0 Å². The van der Waals surface area contributed by atoms with E-state index < -0.39 is 0 Å².